The van der Waals surface area contributed by atoms with Gasteiger partial charge in [-0.3, -0.25) is 4.79 Å². The van der Waals surface area contributed by atoms with Gasteiger partial charge < -0.3 is 5.32 Å². The fourth-order valence-corrected chi connectivity index (χ4v) is 3.54. The van der Waals surface area contributed by atoms with Gasteiger partial charge in [0.1, 0.15) is 6.04 Å². The minimum absolute atomic E-state index is 0.103. The summed E-state index contributed by atoms with van der Waals surface area (Å²) >= 11 is 12.3. The van der Waals surface area contributed by atoms with Crippen molar-refractivity contribution >= 4 is 34.9 Å². The maximum absolute atomic E-state index is 12.5. The normalized spacial score (nSPS) is 20.5. The molecule has 2 aliphatic rings. The van der Waals surface area contributed by atoms with Crippen molar-refractivity contribution in [2.45, 2.75) is 25.3 Å². The van der Waals surface area contributed by atoms with Gasteiger partial charge in [0.2, 0.25) is 5.95 Å². The number of Topliss-reactive ketones (excluding diaryl/α,β-unsaturated/α-hetero) is 1. The second-order valence-electron chi connectivity index (χ2n) is 5.31. The molecule has 8 heteroatoms. The lowest BCUT2D eigenvalue weighted by atomic mass is 9.85. The van der Waals surface area contributed by atoms with Crippen LogP contribution in [-0.4, -0.2) is 26.0 Å². The Morgan fingerprint density at radius 1 is 1.27 bits per heavy atom. The standard InChI is InChI=1S/C14H11Cl2N5O/c15-7-4-5-8(9(16)6-7)13-12-10(2-1-3-11(12)22)17-14-18-19-20-21(13)14/h4-6,13H,1-3H2,(H,17,18,20)/t13-/m0/s1. The van der Waals surface area contributed by atoms with Gasteiger partial charge in [-0.2, -0.15) is 4.68 Å². The van der Waals surface area contributed by atoms with Gasteiger partial charge in [0.05, 0.1) is 0 Å². The summed E-state index contributed by atoms with van der Waals surface area (Å²) in [7, 11) is 0. The maximum Gasteiger partial charge on any atom is 0.248 e. The molecule has 6 nitrogen and oxygen atoms in total. The Labute approximate surface area is 136 Å². The number of aromatic nitrogens is 4. The summed E-state index contributed by atoms with van der Waals surface area (Å²) in [6, 6.07) is 4.82. The Bertz CT molecular complexity index is 813. The molecule has 1 N–H and O–H groups in total. The Kier molecular flexibility index (Phi) is 3.16. The number of rotatable bonds is 1. The summed E-state index contributed by atoms with van der Waals surface area (Å²) in [5.41, 5.74) is 2.34. The molecule has 0 fully saturated rings. The zero-order valence-electron chi connectivity index (χ0n) is 11.4. The van der Waals surface area contributed by atoms with Crippen LogP contribution in [0.25, 0.3) is 0 Å². The molecule has 1 aromatic carbocycles. The van der Waals surface area contributed by atoms with Gasteiger partial charge in [-0.15, -0.1) is 0 Å². The molecule has 1 aromatic heterocycles. The number of allylic oxidation sites excluding steroid dienone is 2. The average Bonchev–Trinajstić information content (AvgIpc) is 2.94. The van der Waals surface area contributed by atoms with E-state index in [4.69, 9.17) is 23.2 Å². The number of fused-ring (bicyclic) bond motifs is 1. The van der Waals surface area contributed by atoms with Gasteiger partial charge in [-0.1, -0.05) is 34.4 Å². The van der Waals surface area contributed by atoms with Gasteiger partial charge in [0.25, 0.3) is 0 Å². The fraction of sp³-hybridized carbons (Fsp3) is 0.286. The molecule has 0 amide bonds. The number of nitrogens with zero attached hydrogens (tertiary/aromatic N) is 4. The fourth-order valence-electron chi connectivity index (χ4n) is 3.03. The van der Waals surface area contributed by atoms with E-state index < -0.39 is 6.04 Å². The predicted octanol–water partition coefficient (Wildman–Crippen LogP) is 3.00. The van der Waals surface area contributed by atoms with Crippen molar-refractivity contribution in [1.29, 1.82) is 0 Å². The average molecular weight is 336 g/mol. The van der Waals surface area contributed by atoms with E-state index >= 15 is 0 Å². The number of carbonyl (C=O) groups excluding carboxylic acids is 1. The molecule has 0 unspecified atom stereocenters. The lowest BCUT2D eigenvalue weighted by molar-refractivity contribution is -0.116. The largest absolute Gasteiger partial charge is 0.326 e. The van der Waals surface area contributed by atoms with E-state index in [2.05, 4.69) is 20.8 Å². The van der Waals surface area contributed by atoms with Crippen LogP contribution in [0.1, 0.15) is 30.9 Å². The molecule has 0 radical (unpaired) electrons. The minimum Gasteiger partial charge on any atom is -0.326 e. The van der Waals surface area contributed by atoms with E-state index in [0.717, 1.165) is 24.1 Å². The van der Waals surface area contributed by atoms with Crippen LogP contribution in [0.15, 0.2) is 29.5 Å². The Hall–Kier alpha value is -1.92. The first-order valence-electron chi connectivity index (χ1n) is 6.91. The van der Waals surface area contributed by atoms with Crippen molar-refractivity contribution < 1.29 is 4.79 Å². The molecule has 112 valence electrons. The van der Waals surface area contributed by atoms with Crippen LogP contribution in [-0.2, 0) is 4.79 Å². The molecule has 1 atom stereocenters. The van der Waals surface area contributed by atoms with Crippen LogP contribution in [0.3, 0.4) is 0 Å². The van der Waals surface area contributed by atoms with Crippen LogP contribution in [0, 0.1) is 0 Å². The van der Waals surface area contributed by atoms with E-state index in [1.165, 1.54) is 0 Å². The molecule has 22 heavy (non-hydrogen) atoms. The molecule has 2 heterocycles. The quantitative estimate of drug-likeness (QED) is 0.867. The smallest absolute Gasteiger partial charge is 0.248 e. The summed E-state index contributed by atoms with van der Waals surface area (Å²) in [6.45, 7) is 0. The molecule has 1 aliphatic heterocycles. The first kappa shape index (κ1) is 13.7. The van der Waals surface area contributed by atoms with E-state index in [-0.39, 0.29) is 5.78 Å². The number of hydrogen-bond donors (Lipinski definition) is 1. The van der Waals surface area contributed by atoms with Crippen LogP contribution in [0.2, 0.25) is 10.0 Å². The molecule has 0 bridgehead atoms. The number of carbonyl (C=O) groups is 1. The Balaban J connectivity index is 1.95. The highest BCUT2D eigenvalue weighted by atomic mass is 35.5. The maximum atomic E-state index is 12.5. The van der Waals surface area contributed by atoms with Crippen molar-refractivity contribution in [2.24, 2.45) is 0 Å². The first-order chi connectivity index (χ1) is 10.6. The topological polar surface area (TPSA) is 72.7 Å². The second-order valence-corrected chi connectivity index (χ2v) is 6.15. The van der Waals surface area contributed by atoms with Gasteiger partial charge in [0, 0.05) is 33.3 Å². The zero-order chi connectivity index (χ0) is 15.3. The lowest BCUT2D eigenvalue weighted by Crippen LogP contribution is -2.31. The minimum atomic E-state index is -0.418. The monoisotopic (exact) mass is 335 g/mol. The highest BCUT2D eigenvalue weighted by Gasteiger charge is 2.37. The predicted molar refractivity (Wildman–Crippen MR) is 81.9 cm³/mol. The molecule has 4 rings (SSSR count). The second kappa shape index (κ2) is 5.07. The van der Waals surface area contributed by atoms with Gasteiger partial charge in [-0.05, 0) is 35.4 Å². The van der Waals surface area contributed by atoms with E-state index in [1.807, 2.05) is 6.07 Å². The number of tetrazole rings is 1. The summed E-state index contributed by atoms with van der Waals surface area (Å²) in [4.78, 5) is 12.5. The molecule has 0 saturated heterocycles. The van der Waals surface area contributed by atoms with Crippen LogP contribution in [0.4, 0.5) is 5.95 Å². The first-order valence-corrected chi connectivity index (χ1v) is 7.67. The summed E-state index contributed by atoms with van der Waals surface area (Å²) in [6.07, 6.45) is 2.16. The molecular weight excluding hydrogens is 325 g/mol. The van der Waals surface area contributed by atoms with E-state index in [0.29, 0.717) is 28.0 Å². The van der Waals surface area contributed by atoms with Gasteiger partial charge >= 0.3 is 0 Å². The number of benzene rings is 1. The number of anilines is 1. The summed E-state index contributed by atoms with van der Waals surface area (Å²) in [5, 5.41) is 15.9. The molecule has 2 aromatic rings. The third-order valence-corrected chi connectivity index (χ3v) is 4.55. The van der Waals surface area contributed by atoms with E-state index in [9.17, 15) is 4.79 Å². The molecule has 0 saturated carbocycles. The van der Waals surface area contributed by atoms with Gasteiger partial charge in [-0.25, -0.2) is 0 Å². The Morgan fingerprint density at radius 2 is 2.14 bits per heavy atom. The molecular formula is C14H11Cl2N5O. The van der Waals surface area contributed by atoms with Crippen molar-refractivity contribution in [3.05, 3.63) is 45.1 Å². The van der Waals surface area contributed by atoms with Crippen LogP contribution < -0.4 is 5.32 Å². The highest BCUT2D eigenvalue weighted by molar-refractivity contribution is 6.35. The summed E-state index contributed by atoms with van der Waals surface area (Å²) < 4.78 is 1.59. The van der Waals surface area contributed by atoms with E-state index in [1.54, 1.807) is 16.8 Å². The van der Waals surface area contributed by atoms with Crippen molar-refractivity contribution in [1.82, 2.24) is 20.2 Å². The summed E-state index contributed by atoms with van der Waals surface area (Å²) in [5.74, 6) is 0.621. The lowest BCUT2D eigenvalue weighted by Gasteiger charge is -2.31. The number of halogens is 2. The van der Waals surface area contributed by atoms with Crippen molar-refractivity contribution in [2.75, 3.05) is 5.32 Å². The van der Waals surface area contributed by atoms with Crippen LogP contribution >= 0.6 is 23.2 Å². The zero-order valence-corrected chi connectivity index (χ0v) is 12.9. The third-order valence-electron chi connectivity index (χ3n) is 3.99. The highest BCUT2D eigenvalue weighted by Crippen LogP contribution is 2.41. The molecule has 1 aliphatic carbocycles. The van der Waals surface area contributed by atoms with Crippen molar-refractivity contribution in [3.63, 3.8) is 0 Å². The molecule has 0 spiro atoms. The van der Waals surface area contributed by atoms with Crippen molar-refractivity contribution in [3.8, 4) is 0 Å². The number of hydrogen-bond acceptors (Lipinski definition) is 5. The number of nitrogens with one attached hydrogen (secondary N) is 1. The number of ketones is 1. The third kappa shape index (κ3) is 2.02. The SMILES string of the molecule is O=C1CCCC2=C1[C@H](c1ccc(Cl)cc1Cl)n1nnnc1N2. The van der Waals surface area contributed by atoms with Gasteiger partial charge in [0.15, 0.2) is 5.78 Å². The Morgan fingerprint density at radius 3 is 2.95 bits per heavy atom. The van der Waals surface area contributed by atoms with Crippen LogP contribution in [0.5, 0.6) is 0 Å².